The molecule has 23 heavy (non-hydrogen) atoms. The van der Waals surface area contributed by atoms with Crippen LogP contribution in [-0.4, -0.2) is 15.3 Å². The number of Topliss-reactive ketones (excluding diaryl/α,β-unsaturated/α-hetero) is 1. The average Bonchev–Trinajstić information content (AvgIpc) is 3.02. The molecule has 0 fully saturated rings. The SMILES string of the molecule is O=C(CCn1cnc2ccccc21)c1cccc2ccccc12. The van der Waals surface area contributed by atoms with Gasteiger partial charge in [-0.25, -0.2) is 4.98 Å². The molecule has 1 aromatic heterocycles. The molecule has 3 nitrogen and oxygen atoms in total. The standard InChI is InChI=1S/C20H16N2O/c23-20(17-9-5-7-15-6-1-2-8-16(15)17)12-13-22-14-21-18-10-3-4-11-19(18)22/h1-11,14H,12-13H2. The lowest BCUT2D eigenvalue weighted by Gasteiger charge is -2.07. The first-order valence-corrected chi connectivity index (χ1v) is 7.74. The Balaban J connectivity index is 1.60. The third-order valence-electron chi connectivity index (χ3n) is 4.20. The molecule has 0 aliphatic rings. The van der Waals surface area contributed by atoms with Crippen LogP contribution in [-0.2, 0) is 6.54 Å². The summed E-state index contributed by atoms with van der Waals surface area (Å²) in [7, 11) is 0. The highest BCUT2D eigenvalue weighted by molar-refractivity contribution is 6.08. The van der Waals surface area contributed by atoms with E-state index < -0.39 is 0 Å². The molecule has 112 valence electrons. The molecule has 0 N–H and O–H groups in total. The van der Waals surface area contributed by atoms with Crippen LogP contribution in [0.1, 0.15) is 16.8 Å². The van der Waals surface area contributed by atoms with Gasteiger partial charge in [0, 0.05) is 18.5 Å². The fraction of sp³-hybridized carbons (Fsp3) is 0.100. The highest BCUT2D eigenvalue weighted by Gasteiger charge is 2.10. The maximum absolute atomic E-state index is 12.7. The van der Waals surface area contributed by atoms with Gasteiger partial charge in [-0.2, -0.15) is 0 Å². The molecule has 3 heteroatoms. The Morgan fingerprint density at radius 1 is 0.913 bits per heavy atom. The Bertz CT molecular complexity index is 995. The summed E-state index contributed by atoms with van der Waals surface area (Å²) in [5.41, 5.74) is 2.83. The summed E-state index contributed by atoms with van der Waals surface area (Å²) in [5.74, 6) is 0.166. The molecule has 0 saturated carbocycles. The Hall–Kier alpha value is -2.94. The third kappa shape index (κ3) is 2.50. The molecular formula is C20H16N2O. The minimum atomic E-state index is 0.166. The molecule has 4 rings (SSSR count). The van der Waals surface area contributed by atoms with Crippen molar-refractivity contribution in [2.45, 2.75) is 13.0 Å². The zero-order valence-corrected chi connectivity index (χ0v) is 12.6. The number of aryl methyl sites for hydroxylation is 1. The lowest BCUT2D eigenvalue weighted by Crippen LogP contribution is -2.06. The number of benzene rings is 3. The van der Waals surface area contributed by atoms with Crippen LogP contribution in [0.4, 0.5) is 0 Å². The number of hydrogen-bond donors (Lipinski definition) is 0. The van der Waals surface area contributed by atoms with Crippen molar-refractivity contribution < 1.29 is 4.79 Å². The fourth-order valence-electron chi connectivity index (χ4n) is 3.01. The van der Waals surface area contributed by atoms with Crippen molar-refractivity contribution in [3.63, 3.8) is 0 Å². The van der Waals surface area contributed by atoms with Crippen molar-refractivity contribution in [3.05, 3.63) is 78.6 Å². The molecule has 0 bridgehead atoms. The number of imidazole rings is 1. The predicted octanol–water partition coefficient (Wildman–Crippen LogP) is 4.46. The summed E-state index contributed by atoms with van der Waals surface area (Å²) in [6.07, 6.45) is 2.27. The van der Waals surface area contributed by atoms with E-state index in [1.54, 1.807) is 6.33 Å². The van der Waals surface area contributed by atoms with Gasteiger partial charge in [-0.1, -0.05) is 54.6 Å². The van der Waals surface area contributed by atoms with Crippen molar-refractivity contribution in [1.82, 2.24) is 9.55 Å². The van der Waals surface area contributed by atoms with E-state index in [9.17, 15) is 4.79 Å². The van der Waals surface area contributed by atoms with Crippen molar-refractivity contribution >= 4 is 27.6 Å². The van der Waals surface area contributed by atoms with Gasteiger partial charge in [0.15, 0.2) is 5.78 Å². The Labute approximate surface area is 134 Å². The first-order valence-electron chi connectivity index (χ1n) is 7.74. The van der Waals surface area contributed by atoms with Gasteiger partial charge in [0.1, 0.15) is 0 Å². The van der Waals surface area contributed by atoms with E-state index in [4.69, 9.17) is 0 Å². The molecule has 0 atom stereocenters. The lowest BCUT2D eigenvalue weighted by atomic mass is 10.00. The van der Waals surface area contributed by atoms with Gasteiger partial charge in [-0.05, 0) is 22.9 Å². The van der Waals surface area contributed by atoms with Gasteiger partial charge in [0.25, 0.3) is 0 Å². The smallest absolute Gasteiger partial charge is 0.165 e. The fourth-order valence-corrected chi connectivity index (χ4v) is 3.01. The van der Waals surface area contributed by atoms with Crippen LogP contribution in [0.25, 0.3) is 21.8 Å². The van der Waals surface area contributed by atoms with Gasteiger partial charge >= 0.3 is 0 Å². The number of aromatic nitrogens is 2. The highest BCUT2D eigenvalue weighted by Crippen LogP contribution is 2.20. The van der Waals surface area contributed by atoms with Gasteiger partial charge in [-0.15, -0.1) is 0 Å². The predicted molar refractivity (Wildman–Crippen MR) is 92.6 cm³/mol. The number of carbonyl (C=O) groups excluding carboxylic acids is 1. The van der Waals surface area contributed by atoms with Crippen LogP contribution < -0.4 is 0 Å². The van der Waals surface area contributed by atoms with Gasteiger partial charge < -0.3 is 4.57 Å². The molecule has 0 amide bonds. The number of ketones is 1. The van der Waals surface area contributed by atoms with Crippen LogP contribution in [0.2, 0.25) is 0 Å². The Morgan fingerprint density at radius 2 is 1.70 bits per heavy atom. The lowest BCUT2D eigenvalue weighted by molar-refractivity contribution is 0.0979. The second kappa shape index (κ2) is 5.69. The maximum Gasteiger partial charge on any atom is 0.165 e. The summed E-state index contributed by atoms with van der Waals surface area (Å²) in [4.78, 5) is 17.0. The van der Waals surface area contributed by atoms with E-state index in [1.165, 1.54) is 0 Å². The largest absolute Gasteiger partial charge is 0.330 e. The molecule has 0 aliphatic heterocycles. The van der Waals surface area contributed by atoms with E-state index in [2.05, 4.69) is 4.98 Å². The number of hydrogen-bond acceptors (Lipinski definition) is 2. The minimum Gasteiger partial charge on any atom is -0.330 e. The number of rotatable bonds is 4. The summed E-state index contributed by atoms with van der Waals surface area (Å²) < 4.78 is 2.04. The second-order valence-corrected chi connectivity index (χ2v) is 5.63. The summed E-state index contributed by atoms with van der Waals surface area (Å²) in [5, 5.41) is 2.13. The molecular weight excluding hydrogens is 284 g/mol. The van der Waals surface area contributed by atoms with Crippen molar-refractivity contribution in [3.8, 4) is 0 Å². The van der Waals surface area contributed by atoms with Gasteiger partial charge in [-0.3, -0.25) is 4.79 Å². The van der Waals surface area contributed by atoms with E-state index in [0.717, 1.165) is 27.4 Å². The van der Waals surface area contributed by atoms with Crippen LogP contribution in [0.15, 0.2) is 73.1 Å². The number of carbonyl (C=O) groups is 1. The van der Waals surface area contributed by atoms with Crippen molar-refractivity contribution in [1.29, 1.82) is 0 Å². The Morgan fingerprint density at radius 3 is 2.65 bits per heavy atom. The second-order valence-electron chi connectivity index (χ2n) is 5.63. The molecule has 0 saturated heterocycles. The molecule has 0 spiro atoms. The van der Waals surface area contributed by atoms with Gasteiger partial charge in [0.05, 0.1) is 17.4 Å². The monoisotopic (exact) mass is 300 g/mol. The molecule has 0 radical (unpaired) electrons. The highest BCUT2D eigenvalue weighted by atomic mass is 16.1. The third-order valence-corrected chi connectivity index (χ3v) is 4.20. The number of fused-ring (bicyclic) bond motifs is 2. The number of para-hydroxylation sites is 2. The molecule has 4 aromatic rings. The zero-order chi connectivity index (χ0) is 15.6. The van der Waals surface area contributed by atoms with Crippen LogP contribution in [0.3, 0.4) is 0 Å². The molecule has 0 aliphatic carbocycles. The zero-order valence-electron chi connectivity index (χ0n) is 12.6. The first kappa shape index (κ1) is 13.7. The normalized spacial score (nSPS) is 11.1. The van der Waals surface area contributed by atoms with Crippen LogP contribution >= 0.6 is 0 Å². The van der Waals surface area contributed by atoms with Crippen LogP contribution in [0.5, 0.6) is 0 Å². The van der Waals surface area contributed by atoms with Gasteiger partial charge in [0.2, 0.25) is 0 Å². The number of nitrogens with zero attached hydrogens (tertiary/aromatic N) is 2. The van der Waals surface area contributed by atoms with E-state index in [1.807, 2.05) is 71.3 Å². The van der Waals surface area contributed by atoms with Crippen LogP contribution in [0, 0.1) is 0 Å². The molecule has 0 unspecified atom stereocenters. The Kier molecular flexibility index (Phi) is 3.39. The quantitative estimate of drug-likeness (QED) is 0.521. The molecule has 3 aromatic carbocycles. The summed E-state index contributed by atoms with van der Waals surface area (Å²) >= 11 is 0. The topological polar surface area (TPSA) is 34.9 Å². The molecule has 1 heterocycles. The minimum absolute atomic E-state index is 0.166. The van der Waals surface area contributed by atoms with E-state index in [0.29, 0.717) is 13.0 Å². The van der Waals surface area contributed by atoms with E-state index >= 15 is 0 Å². The summed E-state index contributed by atoms with van der Waals surface area (Å²) in [6.45, 7) is 0.641. The average molecular weight is 300 g/mol. The van der Waals surface area contributed by atoms with Crippen molar-refractivity contribution in [2.75, 3.05) is 0 Å². The first-order chi connectivity index (χ1) is 11.3. The van der Waals surface area contributed by atoms with E-state index in [-0.39, 0.29) is 5.78 Å². The van der Waals surface area contributed by atoms with Crippen molar-refractivity contribution in [2.24, 2.45) is 0 Å². The maximum atomic E-state index is 12.7. The summed E-state index contributed by atoms with van der Waals surface area (Å²) in [6, 6.07) is 21.9.